The van der Waals surface area contributed by atoms with Crippen molar-refractivity contribution in [3.63, 3.8) is 0 Å². The SMILES string of the molecule is CCOC(=O)c1c(-c2ccc(OC)cc2)oc2ccc(OCCCCCCN3C(=O)C(=O)c4ccccc43)cc12. The number of anilines is 1. The van der Waals surface area contributed by atoms with Gasteiger partial charge in [-0.1, -0.05) is 25.0 Å². The molecule has 0 spiro atoms. The Morgan fingerprint density at radius 2 is 1.65 bits per heavy atom. The molecule has 0 saturated heterocycles. The normalized spacial score (nSPS) is 12.6. The number of amides is 1. The van der Waals surface area contributed by atoms with Gasteiger partial charge in [0.2, 0.25) is 0 Å². The zero-order chi connectivity index (χ0) is 28.1. The van der Waals surface area contributed by atoms with Gasteiger partial charge >= 0.3 is 5.97 Å². The van der Waals surface area contributed by atoms with Gasteiger partial charge in [0.1, 0.15) is 28.4 Å². The van der Waals surface area contributed by atoms with Gasteiger partial charge < -0.3 is 23.5 Å². The highest BCUT2D eigenvalue weighted by Gasteiger charge is 2.34. The van der Waals surface area contributed by atoms with Crippen LogP contribution in [0.2, 0.25) is 0 Å². The second kappa shape index (κ2) is 12.1. The number of carbonyl (C=O) groups excluding carboxylic acids is 3. The van der Waals surface area contributed by atoms with Crippen molar-refractivity contribution in [2.45, 2.75) is 32.6 Å². The van der Waals surface area contributed by atoms with E-state index in [2.05, 4.69) is 0 Å². The van der Waals surface area contributed by atoms with E-state index in [4.69, 9.17) is 18.6 Å². The van der Waals surface area contributed by atoms with Crippen LogP contribution in [0.15, 0.2) is 71.1 Å². The Bertz CT molecular complexity index is 1540. The van der Waals surface area contributed by atoms with Gasteiger partial charge in [0.05, 0.1) is 31.6 Å². The summed E-state index contributed by atoms with van der Waals surface area (Å²) in [5, 5.41) is 0.631. The number of fused-ring (bicyclic) bond motifs is 2. The average Bonchev–Trinajstić information content (AvgIpc) is 3.47. The van der Waals surface area contributed by atoms with E-state index in [1.165, 1.54) is 0 Å². The minimum Gasteiger partial charge on any atom is -0.497 e. The van der Waals surface area contributed by atoms with E-state index in [1.807, 2.05) is 48.5 Å². The molecule has 0 fully saturated rings. The molecule has 0 N–H and O–H groups in total. The molecule has 40 heavy (non-hydrogen) atoms. The lowest BCUT2D eigenvalue weighted by molar-refractivity contribution is -0.114. The monoisotopic (exact) mass is 541 g/mol. The van der Waals surface area contributed by atoms with E-state index >= 15 is 0 Å². The van der Waals surface area contributed by atoms with E-state index in [9.17, 15) is 14.4 Å². The van der Waals surface area contributed by atoms with Gasteiger partial charge in [-0.25, -0.2) is 4.79 Å². The van der Waals surface area contributed by atoms with Crippen LogP contribution in [-0.2, 0) is 9.53 Å². The number of nitrogens with zero attached hydrogens (tertiary/aromatic N) is 1. The number of hydrogen-bond acceptors (Lipinski definition) is 7. The second-order valence-corrected chi connectivity index (χ2v) is 9.48. The fraction of sp³-hybridized carbons (Fsp3) is 0.281. The van der Waals surface area contributed by atoms with Crippen LogP contribution in [0.25, 0.3) is 22.3 Å². The highest BCUT2D eigenvalue weighted by Crippen LogP contribution is 2.37. The number of Topliss-reactive ketones (excluding diaryl/α,β-unsaturated/α-hetero) is 1. The van der Waals surface area contributed by atoms with Crippen LogP contribution < -0.4 is 14.4 Å². The van der Waals surface area contributed by atoms with Crippen LogP contribution in [0.3, 0.4) is 0 Å². The van der Waals surface area contributed by atoms with Gasteiger partial charge in [0.25, 0.3) is 11.7 Å². The fourth-order valence-corrected chi connectivity index (χ4v) is 4.90. The Morgan fingerprint density at radius 1 is 0.900 bits per heavy atom. The molecule has 1 aliphatic heterocycles. The van der Waals surface area contributed by atoms with Gasteiger partial charge in [0.15, 0.2) is 0 Å². The summed E-state index contributed by atoms with van der Waals surface area (Å²) < 4.78 is 22.7. The maximum atomic E-state index is 12.9. The highest BCUT2D eigenvalue weighted by atomic mass is 16.5. The number of para-hydroxylation sites is 1. The van der Waals surface area contributed by atoms with E-state index in [-0.39, 0.29) is 6.61 Å². The van der Waals surface area contributed by atoms with Gasteiger partial charge in [-0.2, -0.15) is 0 Å². The number of rotatable bonds is 12. The van der Waals surface area contributed by atoms with Gasteiger partial charge in [-0.05, 0) is 74.4 Å². The van der Waals surface area contributed by atoms with E-state index in [0.717, 1.165) is 31.2 Å². The van der Waals surface area contributed by atoms with Crippen molar-refractivity contribution in [1.29, 1.82) is 0 Å². The molecule has 5 rings (SSSR count). The molecule has 3 aromatic carbocycles. The van der Waals surface area contributed by atoms with Crippen LogP contribution in [-0.4, -0.2) is 44.5 Å². The number of ether oxygens (including phenoxy) is 3. The molecule has 8 heteroatoms. The van der Waals surface area contributed by atoms with Gasteiger partial charge in [0, 0.05) is 17.5 Å². The highest BCUT2D eigenvalue weighted by molar-refractivity contribution is 6.52. The zero-order valence-corrected chi connectivity index (χ0v) is 22.6. The summed E-state index contributed by atoms with van der Waals surface area (Å²) in [5.74, 6) is 0.451. The van der Waals surface area contributed by atoms with Gasteiger partial charge in [-0.3, -0.25) is 9.59 Å². The van der Waals surface area contributed by atoms with E-state index in [0.29, 0.717) is 58.2 Å². The maximum Gasteiger partial charge on any atom is 0.342 e. The Hall–Kier alpha value is -4.59. The van der Waals surface area contributed by atoms with Crippen molar-refractivity contribution in [1.82, 2.24) is 0 Å². The summed E-state index contributed by atoms with van der Waals surface area (Å²) in [6.07, 6.45) is 3.45. The maximum absolute atomic E-state index is 12.9. The summed E-state index contributed by atoms with van der Waals surface area (Å²) in [5.41, 5.74) is 2.86. The quantitative estimate of drug-likeness (QED) is 0.115. The Labute approximate surface area is 232 Å². The summed E-state index contributed by atoms with van der Waals surface area (Å²) in [6.45, 7) is 3.04. The molecule has 1 aliphatic rings. The number of benzene rings is 3. The third-order valence-corrected chi connectivity index (χ3v) is 6.91. The largest absolute Gasteiger partial charge is 0.497 e. The Kier molecular flexibility index (Phi) is 8.15. The number of esters is 1. The smallest absolute Gasteiger partial charge is 0.342 e. The first-order valence-electron chi connectivity index (χ1n) is 13.5. The van der Waals surface area contributed by atoms with Gasteiger partial charge in [-0.15, -0.1) is 0 Å². The minimum absolute atomic E-state index is 0.249. The molecule has 206 valence electrons. The van der Waals surface area contributed by atoms with Crippen molar-refractivity contribution in [2.75, 3.05) is 31.8 Å². The van der Waals surface area contributed by atoms with Crippen LogP contribution in [0.5, 0.6) is 11.5 Å². The molecule has 1 aromatic heterocycles. The Morgan fingerprint density at radius 3 is 2.42 bits per heavy atom. The number of ketones is 1. The van der Waals surface area contributed by atoms with Crippen LogP contribution in [0.4, 0.5) is 5.69 Å². The summed E-state index contributed by atoms with van der Waals surface area (Å²) in [6, 6.07) is 19.9. The first kappa shape index (κ1) is 27.0. The molecular formula is C32H31NO7. The number of hydrogen-bond donors (Lipinski definition) is 0. The first-order chi connectivity index (χ1) is 19.5. The van der Waals surface area contributed by atoms with Crippen molar-refractivity contribution >= 4 is 34.3 Å². The third kappa shape index (κ3) is 5.43. The summed E-state index contributed by atoms with van der Waals surface area (Å²) in [4.78, 5) is 38.9. The molecule has 4 aromatic rings. The summed E-state index contributed by atoms with van der Waals surface area (Å²) >= 11 is 0. The van der Waals surface area contributed by atoms with Crippen LogP contribution in [0.1, 0.15) is 53.3 Å². The molecule has 2 heterocycles. The van der Waals surface area contributed by atoms with Crippen LogP contribution in [0, 0.1) is 0 Å². The lowest BCUT2D eigenvalue weighted by Gasteiger charge is -2.16. The predicted molar refractivity (Wildman–Crippen MR) is 151 cm³/mol. The van der Waals surface area contributed by atoms with E-state index < -0.39 is 17.7 Å². The molecule has 0 saturated carbocycles. The molecule has 8 nitrogen and oxygen atoms in total. The molecule has 0 unspecified atom stereocenters. The lowest BCUT2D eigenvalue weighted by Crippen LogP contribution is -2.30. The number of unbranched alkanes of at least 4 members (excludes halogenated alkanes) is 3. The standard InChI is InChI=1S/C32H31NO7/c1-3-38-32(36)28-25-20-23(16-17-27(25)40-30(28)21-12-14-22(37-2)15-13-21)39-19-9-5-4-8-18-33-26-11-7-6-10-24(26)29(34)31(33)35/h6-7,10-17,20H,3-5,8-9,18-19H2,1-2H3. The second-order valence-electron chi connectivity index (χ2n) is 9.48. The number of methoxy groups -OCH3 is 1. The van der Waals surface area contributed by atoms with Crippen LogP contribution >= 0.6 is 0 Å². The average molecular weight is 542 g/mol. The molecule has 0 bridgehead atoms. The molecular weight excluding hydrogens is 510 g/mol. The molecule has 0 radical (unpaired) electrons. The molecule has 0 aliphatic carbocycles. The summed E-state index contributed by atoms with van der Waals surface area (Å²) in [7, 11) is 1.60. The van der Waals surface area contributed by atoms with Crippen molar-refractivity contribution in [3.05, 3.63) is 77.9 Å². The van der Waals surface area contributed by atoms with Crippen molar-refractivity contribution < 1.29 is 33.0 Å². The number of furan rings is 1. The van der Waals surface area contributed by atoms with Crippen molar-refractivity contribution in [2.24, 2.45) is 0 Å². The zero-order valence-electron chi connectivity index (χ0n) is 22.6. The fourth-order valence-electron chi connectivity index (χ4n) is 4.90. The minimum atomic E-state index is -0.454. The number of carbonyl (C=O) groups is 3. The van der Waals surface area contributed by atoms with Crippen molar-refractivity contribution in [3.8, 4) is 22.8 Å². The topological polar surface area (TPSA) is 95.3 Å². The third-order valence-electron chi connectivity index (χ3n) is 6.91. The predicted octanol–water partition coefficient (Wildman–Crippen LogP) is 6.45. The lowest BCUT2D eigenvalue weighted by atomic mass is 10.1. The van der Waals surface area contributed by atoms with E-state index in [1.54, 1.807) is 37.1 Å². The first-order valence-corrected chi connectivity index (χ1v) is 13.5. The molecule has 1 amide bonds. The molecule has 0 atom stereocenters. The Balaban J connectivity index is 1.18.